The van der Waals surface area contributed by atoms with E-state index in [2.05, 4.69) is 5.32 Å². The minimum atomic E-state index is -0.845. The summed E-state index contributed by atoms with van der Waals surface area (Å²) in [5.41, 5.74) is 1.84. The summed E-state index contributed by atoms with van der Waals surface area (Å²) in [5, 5.41) is 14.2. The summed E-state index contributed by atoms with van der Waals surface area (Å²) < 4.78 is 5.17. The van der Waals surface area contributed by atoms with Crippen molar-refractivity contribution in [3.8, 4) is 0 Å². The Kier molecular flexibility index (Phi) is 8.38. The Morgan fingerprint density at radius 1 is 1.03 bits per heavy atom. The number of ketones is 1. The molecule has 9 heteroatoms. The van der Waals surface area contributed by atoms with E-state index < -0.39 is 29.2 Å². The molecule has 1 atom stereocenters. The lowest BCUT2D eigenvalue weighted by Crippen LogP contribution is -2.31. The fourth-order valence-electron chi connectivity index (χ4n) is 3.63. The van der Waals surface area contributed by atoms with Gasteiger partial charge in [0.25, 0.3) is 11.6 Å². The number of aryl methyl sites for hydroxylation is 1. The van der Waals surface area contributed by atoms with Crippen molar-refractivity contribution in [3.63, 3.8) is 0 Å². The molecule has 0 saturated heterocycles. The zero-order valence-corrected chi connectivity index (χ0v) is 20.3. The lowest BCUT2D eigenvalue weighted by Gasteiger charge is -2.16. The van der Waals surface area contributed by atoms with Gasteiger partial charge in [-0.15, -0.1) is 11.8 Å². The molecular weight excluding hydrogens is 468 g/mol. The molecular formula is C26H24N2O6S. The Bertz CT molecular complexity index is 1290. The van der Waals surface area contributed by atoms with Gasteiger partial charge in [-0.3, -0.25) is 19.7 Å². The maximum absolute atomic E-state index is 13.1. The number of carbonyl (C=O) groups excluding carboxylic acids is 3. The molecule has 180 valence electrons. The fourth-order valence-corrected chi connectivity index (χ4v) is 4.18. The van der Waals surface area contributed by atoms with Crippen LogP contribution in [-0.2, 0) is 9.53 Å². The first-order valence-electron chi connectivity index (χ1n) is 10.7. The predicted molar refractivity (Wildman–Crippen MR) is 133 cm³/mol. The van der Waals surface area contributed by atoms with E-state index in [4.69, 9.17) is 4.74 Å². The zero-order valence-electron chi connectivity index (χ0n) is 19.4. The number of nitrogens with one attached hydrogen (secondary N) is 1. The summed E-state index contributed by atoms with van der Waals surface area (Å²) in [4.78, 5) is 49.4. The van der Waals surface area contributed by atoms with Crippen LogP contribution in [0.5, 0.6) is 0 Å². The molecule has 0 radical (unpaired) electrons. The van der Waals surface area contributed by atoms with Crippen LogP contribution >= 0.6 is 11.8 Å². The number of thioether (sulfide) groups is 1. The molecule has 1 N–H and O–H groups in total. The van der Waals surface area contributed by atoms with Gasteiger partial charge in [-0.1, -0.05) is 42.5 Å². The molecule has 0 aliphatic rings. The number of hydrogen-bond acceptors (Lipinski definition) is 7. The average Bonchev–Trinajstić information content (AvgIpc) is 2.86. The second kappa shape index (κ2) is 11.4. The lowest BCUT2D eigenvalue weighted by molar-refractivity contribution is -0.387. The van der Waals surface area contributed by atoms with E-state index in [1.807, 2.05) is 38.1 Å². The second-order valence-corrected chi connectivity index (χ2v) is 8.59. The number of nitro groups is 1. The van der Waals surface area contributed by atoms with Gasteiger partial charge in [0.05, 0.1) is 21.4 Å². The molecule has 0 heterocycles. The summed E-state index contributed by atoms with van der Waals surface area (Å²) in [6, 6.07) is 17.5. The number of hydrogen-bond donors (Lipinski definition) is 1. The number of ether oxygens (including phenoxy) is 1. The molecule has 0 spiro atoms. The van der Waals surface area contributed by atoms with Crippen molar-refractivity contribution in [2.75, 3.05) is 12.9 Å². The number of carbonyl (C=O) groups is 3. The Morgan fingerprint density at radius 3 is 2.34 bits per heavy atom. The molecule has 1 unspecified atom stereocenters. The van der Waals surface area contributed by atoms with E-state index in [0.717, 1.165) is 11.1 Å². The first kappa shape index (κ1) is 25.6. The molecule has 8 nitrogen and oxygen atoms in total. The van der Waals surface area contributed by atoms with Crippen LogP contribution in [-0.4, -0.2) is 35.4 Å². The summed E-state index contributed by atoms with van der Waals surface area (Å²) >= 11 is 1.20. The first-order chi connectivity index (χ1) is 16.7. The third-order valence-electron chi connectivity index (χ3n) is 5.40. The Balaban J connectivity index is 1.73. The van der Waals surface area contributed by atoms with E-state index in [1.165, 1.54) is 42.1 Å². The Morgan fingerprint density at radius 2 is 1.69 bits per heavy atom. The van der Waals surface area contributed by atoms with Gasteiger partial charge < -0.3 is 10.1 Å². The monoisotopic (exact) mass is 492 g/mol. The minimum Gasteiger partial charge on any atom is -0.452 e. The van der Waals surface area contributed by atoms with Crippen LogP contribution in [0.25, 0.3) is 0 Å². The van der Waals surface area contributed by atoms with Crippen molar-refractivity contribution in [1.29, 1.82) is 0 Å². The molecule has 0 fully saturated rings. The van der Waals surface area contributed by atoms with Crippen molar-refractivity contribution >= 4 is 35.1 Å². The van der Waals surface area contributed by atoms with Gasteiger partial charge in [-0.2, -0.15) is 0 Å². The molecule has 1 amide bonds. The van der Waals surface area contributed by atoms with E-state index in [1.54, 1.807) is 18.4 Å². The maximum Gasteiger partial charge on any atom is 0.339 e. The first-order valence-corrected chi connectivity index (χ1v) is 11.9. The van der Waals surface area contributed by atoms with Crippen LogP contribution in [0.15, 0.2) is 71.6 Å². The number of rotatable bonds is 9. The van der Waals surface area contributed by atoms with Gasteiger partial charge in [0.2, 0.25) is 0 Å². The predicted octanol–water partition coefficient (Wildman–Crippen LogP) is 4.89. The number of esters is 1. The van der Waals surface area contributed by atoms with Crippen molar-refractivity contribution in [3.05, 3.63) is 105 Å². The van der Waals surface area contributed by atoms with Crippen LogP contribution < -0.4 is 5.32 Å². The summed E-state index contributed by atoms with van der Waals surface area (Å²) in [6.07, 6.45) is 1.70. The van der Waals surface area contributed by atoms with Crippen LogP contribution in [0.4, 0.5) is 5.69 Å². The van der Waals surface area contributed by atoms with E-state index >= 15 is 0 Å². The Hall–Kier alpha value is -3.98. The Labute approximate surface area is 206 Å². The topological polar surface area (TPSA) is 116 Å². The molecule has 3 rings (SSSR count). The number of nitro benzene ring substituents is 1. The fraction of sp³-hybridized carbons (Fsp3) is 0.192. The number of nitrogens with zero attached hydrogens (tertiary/aromatic N) is 1. The number of benzene rings is 3. The molecule has 3 aromatic rings. The third kappa shape index (κ3) is 6.13. The smallest absolute Gasteiger partial charge is 0.339 e. The van der Waals surface area contributed by atoms with Gasteiger partial charge in [-0.05, 0) is 49.4 Å². The van der Waals surface area contributed by atoms with Crippen molar-refractivity contribution in [2.24, 2.45) is 0 Å². The van der Waals surface area contributed by atoms with E-state index in [9.17, 15) is 24.5 Å². The summed E-state index contributed by atoms with van der Waals surface area (Å²) in [5.74, 6) is -1.89. The van der Waals surface area contributed by atoms with Crippen LogP contribution in [0, 0.1) is 17.0 Å². The highest BCUT2D eigenvalue weighted by atomic mass is 32.2. The largest absolute Gasteiger partial charge is 0.452 e. The van der Waals surface area contributed by atoms with E-state index in [-0.39, 0.29) is 28.4 Å². The number of amides is 1. The van der Waals surface area contributed by atoms with Crippen LogP contribution in [0.1, 0.15) is 50.4 Å². The van der Waals surface area contributed by atoms with Crippen LogP contribution in [0.3, 0.4) is 0 Å². The van der Waals surface area contributed by atoms with Gasteiger partial charge in [-0.25, -0.2) is 4.79 Å². The summed E-state index contributed by atoms with van der Waals surface area (Å²) in [6.45, 7) is 3.25. The second-order valence-electron chi connectivity index (χ2n) is 7.74. The minimum absolute atomic E-state index is 0.0254. The molecule has 35 heavy (non-hydrogen) atoms. The van der Waals surface area contributed by atoms with Crippen LogP contribution in [0.2, 0.25) is 0 Å². The van der Waals surface area contributed by atoms with Gasteiger partial charge in [0.15, 0.2) is 12.4 Å². The summed E-state index contributed by atoms with van der Waals surface area (Å²) in [7, 11) is 0. The quantitative estimate of drug-likeness (QED) is 0.149. The molecule has 0 aromatic heterocycles. The highest BCUT2D eigenvalue weighted by Gasteiger charge is 2.23. The molecule has 0 bridgehead atoms. The highest BCUT2D eigenvalue weighted by molar-refractivity contribution is 7.98. The SMILES string of the molecule is CSc1ccc(C(=O)c2ccccc2C(=O)OCC(=O)NC(C)c2ccccc2C)cc1[N+](=O)[O-]. The average molecular weight is 493 g/mol. The normalized spacial score (nSPS) is 11.4. The van der Waals surface area contributed by atoms with Crippen molar-refractivity contribution < 1.29 is 24.0 Å². The lowest BCUT2D eigenvalue weighted by atomic mass is 9.98. The standard InChI is InChI=1S/C26H24N2O6S/c1-16-8-4-5-9-19(16)17(2)27-24(29)15-34-26(31)21-11-7-6-10-20(21)25(30)18-12-13-23(35-3)22(14-18)28(32)33/h4-14,17H,15H2,1-3H3,(H,27,29). The van der Waals surface area contributed by atoms with Crippen molar-refractivity contribution in [2.45, 2.75) is 24.8 Å². The molecule has 0 aliphatic carbocycles. The van der Waals surface area contributed by atoms with Gasteiger partial charge >= 0.3 is 5.97 Å². The molecule has 3 aromatic carbocycles. The molecule has 0 aliphatic heterocycles. The highest BCUT2D eigenvalue weighted by Crippen LogP contribution is 2.29. The third-order valence-corrected chi connectivity index (χ3v) is 6.18. The van der Waals surface area contributed by atoms with Gasteiger partial charge in [0.1, 0.15) is 0 Å². The van der Waals surface area contributed by atoms with Crippen molar-refractivity contribution in [1.82, 2.24) is 5.32 Å². The van der Waals surface area contributed by atoms with Gasteiger partial charge in [0, 0.05) is 17.2 Å². The zero-order chi connectivity index (χ0) is 25.5. The van der Waals surface area contributed by atoms with E-state index in [0.29, 0.717) is 4.90 Å². The molecule has 0 saturated carbocycles. The maximum atomic E-state index is 13.1.